The molecule has 1 unspecified atom stereocenters. The maximum atomic E-state index is 13.4. The third-order valence-corrected chi connectivity index (χ3v) is 6.02. The van der Waals surface area contributed by atoms with Gasteiger partial charge in [0.05, 0.1) is 11.4 Å². The fourth-order valence-electron chi connectivity index (χ4n) is 3.64. The first-order chi connectivity index (χ1) is 12.4. The summed E-state index contributed by atoms with van der Waals surface area (Å²) in [6.45, 7) is 1.72. The molecule has 0 aliphatic carbocycles. The van der Waals surface area contributed by atoms with Crippen LogP contribution in [0, 0.1) is 6.92 Å². The van der Waals surface area contributed by atoms with E-state index in [0.29, 0.717) is 16.9 Å². The van der Waals surface area contributed by atoms with Gasteiger partial charge in [-0.15, -0.1) is 11.8 Å². The van der Waals surface area contributed by atoms with Crippen molar-refractivity contribution in [2.45, 2.75) is 11.8 Å². The van der Waals surface area contributed by atoms with Gasteiger partial charge in [-0.1, -0.05) is 30.3 Å². The van der Waals surface area contributed by atoms with Crippen molar-refractivity contribution in [1.29, 1.82) is 0 Å². The summed E-state index contributed by atoms with van der Waals surface area (Å²) in [5, 5.41) is 0. The summed E-state index contributed by atoms with van der Waals surface area (Å²) >= 11 is 1.28. The molecule has 132 valence electrons. The minimum Gasteiger partial charge on any atom is -0.368 e. The highest BCUT2D eigenvalue weighted by Crippen LogP contribution is 2.55. The molecule has 1 atom stereocenters. The topological polar surface area (TPSA) is 83.7 Å². The Labute approximate surface area is 154 Å². The van der Waals surface area contributed by atoms with Gasteiger partial charge in [0.25, 0.3) is 5.91 Å². The molecular weight excluding hydrogens is 350 g/mol. The van der Waals surface area contributed by atoms with Gasteiger partial charge in [0, 0.05) is 11.3 Å². The van der Waals surface area contributed by atoms with Gasteiger partial charge in [-0.3, -0.25) is 24.2 Å². The zero-order valence-electron chi connectivity index (χ0n) is 14.1. The van der Waals surface area contributed by atoms with E-state index < -0.39 is 10.8 Å². The van der Waals surface area contributed by atoms with Crippen LogP contribution in [-0.2, 0) is 19.3 Å². The van der Waals surface area contributed by atoms with Crippen LogP contribution < -0.4 is 15.5 Å². The number of amides is 3. The molecule has 1 saturated heterocycles. The van der Waals surface area contributed by atoms with Crippen LogP contribution in [0.5, 0.6) is 0 Å². The van der Waals surface area contributed by atoms with E-state index in [-0.39, 0.29) is 24.1 Å². The maximum Gasteiger partial charge on any atom is 0.269 e. The smallest absolute Gasteiger partial charge is 0.269 e. The molecule has 2 N–H and O–H groups in total. The largest absolute Gasteiger partial charge is 0.368 e. The molecule has 7 heteroatoms. The van der Waals surface area contributed by atoms with Gasteiger partial charge >= 0.3 is 0 Å². The first-order valence-corrected chi connectivity index (χ1v) is 9.17. The molecule has 1 fully saturated rings. The Balaban J connectivity index is 1.92. The molecule has 2 aromatic carbocycles. The van der Waals surface area contributed by atoms with Crippen molar-refractivity contribution in [1.82, 2.24) is 0 Å². The molecule has 0 radical (unpaired) electrons. The molecule has 0 saturated carbocycles. The molecule has 6 nitrogen and oxygen atoms in total. The number of aryl methyl sites for hydroxylation is 1. The summed E-state index contributed by atoms with van der Waals surface area (Å²) in [7, 11) is 0. The molecule has 3 amide bonds. The van der Waals surface area contributed by atoms with Crippen molar-refractivity contribution in [2.24, 2.45) is 5.73 Å². The third kappa shape index (κ3) is 2.24. The second-order valence-corrected chi connectivity index (χ2v) is 7.54. The molecular formula is C19H17N3O3S. The summed E-state index contributed by atoms with van der Waals surface area (Å²) in [4.78, 5) is 39.5. The fourth-order valence-corrected chi connectivity index (χ4v) is 4.99. The van der Waals surface area contributed by atoms with E-state index in [9.17, 15) is 14.4 Å². The lowest BCUT2D eigenvalue weighted by Crippen LogP contribution is -2.51. The molecule has 2 heterocycles. The van der Waals surface area contributed by atoms with Crippen molar-refractivity contribution in [3.63, 3.8) is 0 Å². The average molecular weight is 367 g/mol. The van der Waals surface area contributed by atoms with Crippen LogP contribution in [0.3, 0.4) is 0 Å². The average Bonchev–Trinajstić information content (AvgIpc) is 3.07. The first-order valence-electron chi connectivity index (χ1n) is 8.18. The Morgan fingerprint density at radius 1 is 1.19 bits per heavy atom. The normalized spacial score (nSPS) is 21.6. The van der Waals surface area contributed by atoms with Crippen LogP contribution in [0.15, 0.2) is 48.5 Å². The van der Waals surface area contributed by atoms with E-state index in [0.717, 1.165) is 5.56 Å². The van der Waals surface area contributed by atoms with E-state index in [1.54, 1.807) is 17.0 Å². The van der Waals surface area contributed by atoms with Gasteiger partial charge in [0.2, 0.25) is 16.7 Å². The number of hydrogen-bond acceptors (Lipinski definition) is 4. The molecule has 4 rings (SSSR count). The zero-order chi connectivity index (χ0) is 18.5. The van der Waals surface area contributed by atoms with E-state index in [1.807, 2.05) is 43.3 Å². The van der Waals surface area contributed by atoms with Crippen LogP contribution >= 0.6 is 11.8 Å². The van der Waals surface area contributed by atoms with Gasteiger partial charge in [0.15, 0.2) is 0 Å². The highest BCUT2D eigenvalue weighted by Gasteiger charge is 2.61. The number of benzene rings is 2. The number of primary amides is 1. The lowest BCUT2D eigenvalue weighted by atomic mass is 10.0. The van der Waals surface area contributed by atoms with E-state index in [2.05, 4.69) is 0 Å². The molecule has 2 aliphatic heterocycles. The van der Waals surface area contributed by atoms with Gasteiger partial charge in [-0.05, 0) is 30.7 Å². The standard InChI is InChI=1S/C19H17N3O3S/c1-12-5-4-6-13(9-12)22-17(24)11-26-19(22)14-7-2-3-8-15(14)21(18(19)25)10-16(20)23/h2-9H,10-11H2,1H3,(H2,20,23). The van der Waals surface area contributed by atoms with Crippen molar-refractivity contribution < 1.29 is 14.4 Å². The quantitative estimate of drug-likeness (QED) is 0.896. The van der Waals surface area contributed by atoms with Gasteiger partial charge in [-0.25, -0.2) is 0 Å². The van der Waals surface area contributed by atoms with E-state index >= 15 is 0 Å². The van der Waals surface area contributed by atoms with Crippen molar-refractivity contribution >= 4 is 40.9 Å². The van der Waals surface area contributed by atoms with Crippen molar-refractivity contribution in [2.75, 3.05) is 22.1 Å². The number of anilines is 2. The number of para-hydroxylation sites is 1. The van der Waals surface area contributed by atoms with Crippen molar-refractivity contribution in [3.05, 3.63) is 59.7 Å². The number of carbonyl (C=O) groups excluding carboxylic acids is 3. The zero-order valence-corrected chi connectivity index (χ0v) is 15.0. The molecule has 2 aliphatic rings. The Morgan fingerprint density at radius 2 is 1.96 bits per heavy atom. The molecule has 2 aromatic rings. The first kappa shape index (κ1) is 16.7. The minimum absolute atomic E-state index is 0.135. The number of fused-ring (bicyclic) bond motifs is 2. The minimum atomic E-state index is -1.20. The molecule has 1 spiro atoms. The summed E-state index contributed by atoms with van der Waals surface area (Å²) in [5.41, 5.74) is 8.35. The summed E-state index contributed by atoms with van der Waals surface area (Å²) in [5.74, 6) is -0.848. The van der Waals surface area contributed by atoms with Crippen LogP contribution in [0.25, 0.3) is 0 Å². The van der Waals surface area contributed by atoms with Gasteiger partial charge in [-0.2, -0.15) is 0 Å². The van der Waals surface area contributed by atoms with E-state index in [4.69, 9.17) is 5.73 Å². The second-order valence-electron chi connectivity index (χ2n) is 6.38. The lowest BCUT2D eigenvalue weighted by Gasteiger charge is -2.33. The van der Waals surface area contributed by atoms with Crippen LogP contribution in [0.4, 0.5) is 11.4 Å². The number of hydrogen-bond donors (Lipinski definition) is 1. The molecule has 26 heavy (non-hydrogen) atoms. The monoisotopic (exact) mass is 367 g/mol. The Kier molecular flexibility index (Phi) is 3.77. The summed E-state index contributed by atoms with van der Waals surface area (Å²) < 4.78 is 0. The fraction of sp³-hybridized carbons (Fsp3) is 0.211. The maximum absolute atomic E-state index is 13.4. The highest BCUT2D eigenvalue weighted by molar-refractivity contribution is 8.02. The van der Waals surface area contributed by atoms with Gasteiger partial charge < -0.3 is 5.73 Å². The van der Waals surface area contributed by atoms with Crippen LogP contribution in [0.2, 0.25) is 0 Å². The summed E-state index contributed by atoms with van der Waals surface area (Å²) in [6.07, 6.45) is 0. The van der Waals surface area contributed by atoms with Crippen LogP contribution in [-0.4, -0.2) is 30.0 Å². The predicted octanol–water partition coefficient (Wildman–Crippen LogP) is 1.76. The highest BCUT2D eigenvalue weighted by atomic mass is 32.2. The predicted molar refractivity (Wildman–Crippen MR) is 101 cm³/mol. The Bertz CT molecular complexity index is 945. The SMILES string of the molecule is Cc1cccc(N2C(=O)CSC23C(=O)N(CC(N)=O)c2ccccc23)c1. The number of carbonyl (C=O) groups is 3. The number of rotatable bonds is 3. The second kappa shape index (κ2) is 5.88. The van der Waals surface area contributed by atoms with Crippen LogP contribution in [0.1, 0.15) is 11.1 Å². The Morgan fingerprint density at radius 3 is 2.69 bits per heavy atom. The van der Waals surface area contributed by atoms with E-state index in [1.165, 1.54) is 16.7 Å². The number of thioether (sulfide) groups is 1. The third-order valence-electron chi connectivity index (χ3n) is 4.64. The van der Waals surface area contributed by atoms with Gasteiger partial charge in [0.1, 0.15) is 6.54 Å². The number of nitrogens with two attached hydrogens (primary N) is 1. The lowest BCUT2D eigenvalue weighted by molar-refractivity contribution is -0.125. The Hall–Kier alpha value is -2.80. The summed E-state index contributed by atoms with van der Waals surface area (Å²) in [6, 6.07) is 14.8. The molecule has 0 bridgehead atoms. The number of nitrogens with zero attached hydrogens (tertiary/aromatic N) is 2. The molecule has 0 aromatic heterocycles. The van der Waals surface area contributed by atoms with Crippen molar-refractivity contribution in [3.8, 4) is 0 Å².